The highest BCUT2D eigenvalue weighted by molar-refractivity contribution is 7.91. The Labute approximate surface area is 143 Å². The average Bonchev–Trinajstić information content (AvgIpc) is 3.00. The van der Waals surface area contributed by atoms with Crippen molar-refractivity contribution in [3.05, 3.63) is 40.7 Å². The van der Waals surface area contributed by atoms with Crippen molar-refractivity contribution in [3.63, 3.8) is 0 Å². The van der Waals surface area contributed by atoms with E-state index in [0.717, 1.165) is 5.56 Å². The quantitative estimate of drug-likeness (QED) is 0.903. The lowest BCUT2D eigenvalue weighted by molar-refractivity contribution is 0.0919. The molecule has 2 heterocycles. The van der Waals surface area contributed by atoms with E-state index in [1.165, 1.54) is 23.5 Å². The highest BCUT2D eigenvalue weighted by atomic mass is 32.2. The molecule has 1 aromatic heterocycles. The van der Waals surface area contributed by atoms with E-state index >= 15 is 0 Å². The Morgan fingerprint density at radius 2 is 2.00 bits per heavy atom. The Morgan fingerprint density at radius 3 is 2.58 bits per heavy atom. The Kier molecular flexibility index (Phi) is 4.21. The predicted molar refractivity (Wildman–Crippen MR) is 91.4 cm³/mol. The molecule has 1 aliphatic heterocycles. The number of aromatic nitrogens is 1. The number of aryl methyl sites for hydroxylation is 1. The van der Waals surface area contributed by atoms with Crippen molar-refractivity contribution in [2.45, 2.75) is 25.8 Å². The van der Waals surface area contributed by atoms with Crippen LogP contribution in [0.4, 0.5) is 4.39 Å². The van der Waals surface area contributed by atoms with Crippen LogP contribution in [-0.4, -0.2) is 36.4 Å². The van der Waals surface area contributed by atoms with E-state index in [1.807, 2.05) is 0 Å². The van der Waals surface area contributed by atoms with E-state index in [4.69, 9.17) is 0 Å². The normalized spacial score (nSPS) is 22.5. The molecule has 1 saturated heterocycles. The maximum atomic E-state index is 13.0. The first-order valence-corrected chi connectivity index (χ1v) is 10.1. The minimum atomic E-state index is -3.10. The van der Waals surface area contributed by atoms with Crippen molar-refractivity contribution in [3.8, 4) is 10.6 Å². The van der Waals surface area contributed by atoms with Gasteiger partial charge in [0.2, 0.25) is 0 Å². The third-order valence-corrected chi connectivity index (χ3v) is 7.12. The maximum Gasteiger partial charge on any atom is 0.263 e. The topological polar surface area (TPSA) is 76.1 Å². The fraction of sp³-hybridized carbons (Fsp3) is 0.375. The lowest BCUT2D eigenvalue weighted by Gasteiger charge is -2.23. The number of halogens is 1. The van der Waals surface area contributed by atoms with Crippen LogP contribution >= 0.6 is 11.3 Å². The van der Waals surface area contributed by atoms with Crippen LogP contribution in [0.15, 0.2) is 24.3 Å². The number of rotatable bonds is 3. The summed E-state index contributed by atoms with van der Waals surface area (Å²) in [5.41, 5.74) is 0.557. The second-order valence-electron chi connectivity index (χ2n) is 6.30. The minimum absolute atomic E-state index is 0.0472. The second kappa shape index (κ2) is 5.93. The summed E-state index contributed by atoms with van der Waals surface area (Å²) in [5, 5.41) is 3.46. The number of nitrogens with zero attached hydrogens (tertiary/aromatic N) is 1. The Morgan fingerprint density at radius 1 is 1.33 bits per heavy atom. The van der Waals surface area contributed by atoms with Crippen molar-refractivity contribution in [1.82, 2.24) is 10.3 Å². The molecular weight excluding hydrogens is 351 g/mol. The number of carbonyl (C=O) groups is 1. The summed E-state index contributed by atoms with van der Waals surface area (Å²) in [7, 11) is -3.10. The standard InChI is InChI=1S/C16H17FN2O3S2/c1-10-13(14(20)19-16(2)7-8-24(21,22)9-16)23-15(18-10)11-3-5-12(17)6-4-11/h3-6H,7-9H2,1-2H3,(H,19,20)/t16-/m0/s1. The summed E-state index contributed by atoms with van der Waals surface area (Å²) in [6.07, 6.45) is 0.406. The number of amides is 1. The van der Waals surface area contributed by atoms with E-state index in [9.17, 15) is 17.6 Å². The van der Waals surface area contributed by atoms with Gasteiger partial charge >= 0.3 is 0 Å². The Bertz CT molecular complexity index is 891. The average molecular weight is 368 g/mol. The van der Waals surface area contributed by atoms with Crippen molar-refractivity contribution in [2.24, 2.45) is 0 Å². The summed E-state index contributed by atoms with van der Waals surface area (Å²) in [4.78, 5) is 17.4. The molecule has 24 heavy (non-hydrogen) atoms. The molecule has 0 unspecified atom stereocenters. The molecule has 1 aliphatic rings. The van der Waals surface area contributed by atoms with Crippen LogP contribution in [0.25, 0.3) is 10.6 Å². The molecule has 2 aromatic rings. The largest absolute Gasteiger partial charge is 0.345 e. The van der Waals surface area contributed by atoms with Crippen molar-refractivity contribution in [2.75, 3.05) is 11.5 Å². The smallest absolute Gasteiger partial charge is 0.263 e. The summed E-state index contributed by atoms with van der Waals surface area (Å²) in [6, 6.07) is 5.91. The molecular formula is C16H17FN2O3S2. The molecule has 0 spiro atoms. The third kappa shape index (κ3) is 3.49. The van der Waals surface area contributed by atoms with E-state index in [-0.39, 0.29) is 23.2 Å². The SMILES string of the molecule is Cc1nc(-c2ccc(F)cc2)sc1C(=O)N[C@@]1(C)CCS(=O)(=O)C1. The first kappa shape index (κ1) is 17.0. The van der Waals surface area contributed by atoms with Gasteiger partial charge in [-0.05, 0) is 44.5 Å². The monoisotopic (exact) mass is 368 g/mol. The minimum Gasteiger partial charge on any atom is -0.345 e. The van der Waals surface area contributed by atoms with Crippen LogP contribution in [0, 0.1) is 12.7 Å². The van der Waals surface area contributed by atoms with Gasteiger partial charge in [0.25, 0.3) is 5.91 Å². The van der Waals surface area contributed by atoms with E-state index in [1.54, 1.807) is 26.0 Å². The lowest BCUT2D eigenvalue weighted by atomic mass is 10.0. The fourth-order valence-electron chi connectivity index (χ4n) is 2.76. The molecule has 128 valence electrons. The van der Waals surface area contributed by atoms with Crippen molar-refractivity contribution >= 4 is 27.1 Å². The third-order valence-electron chi connectivity index (χ3n) is 4.01. The first-order valence-electron chi connectivity index (χ1n) is 7.44. The predicted octanol–water partition coefficient (Wildman–Crippen LogP) is 2.56. The van der Waals surface area contributed by atoms with Crippen LogP contribution < -0.4 is 5.32 Å². The number of thiazole rings is 1. The maximum absolute atomic E-state index is 13.0. The lowest BCUT2D eigenvalue weighted by Crippen LogP contribution is -2.46. The van der Waals surface area contributed by atoms with Gasteiger partial charge in [-0.3, -0.25) is 4.79 Å². The highest BCUT2D eigenvalue weighted by Crippen LogP contribution is 2.29. The molecule has 1 fully saturated rings. The van der Waals surface area contributed by atoms with Gasteiger partial charge in [-0.1, -0.05) is 0 Å². The zero-order chi connectivity index (χ0) is 17.5. The summed E-state index contributed by atoms with van der Waals surface area (Å²) < 4.78 is 36.3. The summed E-state index contributed by atoms with van der Waals surface area (Å²) >= 11 is 1.21. The number of hydrogen-bond donors (Lipinski definition) is 1. The first-order chi connectivity index (χ1) is 11.2. The number of nitrogens with one attached hydrogen (secondary N) is 1. The number of benzene rings is 1. The number of carbonyl (C=O) groups excluding carboxylic acids is 1. The molecule has 0 aliphatic carbocycles. The molecule has 8 heteroatoms. The molecule has 3 rings (SSSR count). The molecule has 1 amide bonds. The second-order valence-corrected chi connectivity index (χ2v) is 9.48. The van der Waals surface area contributed by atoms with E-state index in [0.29, 0.717) is 22.0 Å². The van der Waals surface area contributed by atoms with E-state index in [2.05, 4.69) is 10.3 Å². The van der Waals surface area contributed by atoms with E-state index < -0.39 is 15.4 Å². The van der Waals surface area contributed by atoms with Crippen molar-refractivity contribution < 1.29 is 17.6 Å². The van der Waals surface area contributed by atoms with Gasteiger partial charge in [0.15, 0.2) is 9.84 Å². The van der Waals surface area contributed by atoms with Crippen LogP contribution in [0.2, 0.25) is 0 Å². The van der Waals surface area contributed by atoms with Crippen molar-refractivity contribution in [1.29, 1.82) is 0 Å². The van der Waals surface area contributed by atoms with Crippen LogP contribution in [0.3, 0.4) is 0 Å². The zero-order valence-electron chi connectivity index (χ0n) is 13.3. The van der Waals surface area contributed by atoms with Crippen LogP contribution in [0.5, 0.6) is 0 Å². The zero-order valence-corrected chi connectivity index (χ0v) is 14.9. The molecule has 0 radical (unpaired) electrons. The number of hydrogen-bond acceptors (Lipinski definition) is 5. The van der Waals surface area contributed by atoms with Gasteiger partial charge < -0.3 is 5.32 Å². The van der Waals surface area contributed by atoms with Gasteiger partial charge in [-0.2, -0.15) is 0 Å². The van der Waals surface area contributed by atoms with Gasteiger partial charge in [0.1, 0.15) is 15.7 Å². The van der Waals surface area contributed by atoms with Gasteiger partial charge in [0, 0.05) is 5.56 Å². The van der Waals surface area contributed by atoms with Gasteiger partial charge in [0.05, 0.1) is 22.7 Å². The molecule has 1 atom stereocenters. The van der Waals surface area contributed by atoms with Crippen LogP contribution in [-0.2, 0) is 9.84 Å². The Hall–Kier alpha value is -1.80. The van der Waals surface area contributed by atoms with Gasteiger partial charge in [-0.25, -0.2) is 17.8 Å². The highest BCUT2D eigenvalue weighted by Gasteiger charge is 2.40. The Balaban J connectivity index is 1.82. The summed E-state index contributed by atoms with van der Waals surface area (Å²) in [5.74, 6) is -0.612. The molecule has 1 N–H and O–H groups in total. The summed E-state index contributed by atoms with van der Waals surface area (Å²) in [6.45, 7) is 3.47. The van der Waals surface area contributed by atoms with Crippen LogP contribution in [0.1, 0.15) is 28.7 Å². The molecule has 1 aromatic carbocycles. The molecule has 0 saturated carbocycles. The molecule has 0 bridgehead atoms. The fourth-order valence-corrected chi connectivity index (χ4v) is 5.82. The number of sulfone groups is 1. The van der Waals surface area contributed by atoms with Gasteiger partial charge in [-0.15, -0.1) is 11.3 Å². The molecule has 5 nitrogen and oxygen atoms in total.